The highest BCUT2D eigenvalue weighted by molar-refractivity contribution is 4.96. The number of hydrogen-bond donors (Lipinski definition) is 1. The van der Waals surface area contributed by atoms with Gasteiger partial charge in [0.05, 0.1) is 0 Å². The molecule has 1 saturated carbocycles. The van der Waals surface area contributed by atoms with E-state index in [1.54, 1.807) is 0 Å². The molecule has 2 aliphatic heterocycles. The quantitative estimate of drug-likeness (QED) is 0.742. The Morgan fingerprint density at radius 3 is 2.76 bits per heavy atom. The minimum atomic E-state index is 0.816. The molecule has 17 heavy (non-hydrogen) atoms. The SMILES string of the molecule is CC1CCCC(NC2CCN3CCCC23)CC1. The van der Waals surface area contributed by atoms with Crippen LogP contribution in [0.5, 0.6) is 0 Å². The Morgan fingerprint density at radius 1 is 0.882 bits per heavy atom. The van der Waals surface area contributed by atoms with Gasteiger partial charge in [-0.15, -0.1) is 0 Å². The van der Waals surface area contributed by atoms with Crippen LogP contribution < -0.4 is 5.32 Å². The zero-order chi connectivity index (χ0) is 11.7. The van der Waals surface area contributed by atoms with Crippen molar-refractivity contribution in [2.24, 2.45) is 5.92 Å². The van der Waals surface area contributed by atoms with E-state index >= 15 is 0 Å². The van der Waals surface area contributed by atoms with Gasteiger partial charge in [-0.25, -0.2) is 0 Å². The molecule has 3 aliphatic rings. The molecule has 98 valence electrons. The second-order valence-electron chi connectivity index (χ2n) is 6.62. The third kappa shape index (κ3) is 2.68. The van der Waals surface area contributed by atoms with Gasteiger partial charge in [0.1, 0.15) is 0 Å². The molecule has 2 heterocycles. The van der Waals surface area contributed by atoms with E-state index in [1.807, 2.05) is 0 Å². The van der Waals surface area contributed by atoms with E-state index in [2.05, 4.69) is 17.1 Å². The minimum Gasteiger partial charge on any atom is -0.310 e. The first kappa shape index (κ1) is 12.0. The summed E-state index contributed by atoms with van der Waals surface area (Å²) in [5.74, 6) is 0.966. The molecule has 0 radical (unpaired) electrons. The Kier molecular flexibility index (Phi) is 3.72. The van der Waals surface area contributed by atoms with Crippen molar-refractivity contribution in [3.05, 3.63) is 0 Å². The molecule has 2 saturated heterocycles. The zero-order valence-electron chi connectivity index (χ0n) is 11.3. The standard InChI is InChI=1S/C15H28N2/c1-12-4-2-5-13(8-7-12)16-14-9-11-17-10-3-6-15(14)17/h12-16H,2-11H2,1H3. The number of nitrogens with zero attached hydrogens (tertiary/aromatic N) is 1. The van der Waals surface area contributed by atoms with Crippen molar-refractivity contribution in [1.82, 2.24) is 10.2 Å². The van der Waals surface area contributed by atoms with Crippen LogP contribution in [0.15, 0.2) is 0 Å². The highest BCUT2D eigenvalue weighted by atomic mass is 15.2. The molecule has 0 aromatic carbocycles. The summed E-state index contributed by atoms with van der Waals surface area (Å²) in [4.78, 5) is 2.72. The van der Waals surface area contributed by atoms with Crippen LogP contribution in [0.1, 0.15) is 58.3 Å². The molecule has 2 heteroatoms. The van der Waals surface area contributed by atoms with E-state index in [-0.39, 0.29) is 0 Å². The summed E-state index contributed by atoms with van der Waals surface area (Å²) in [7, 11) is 0. The van der Waals surface area contributed by atoms with Crippen LogP contribution in [-0.4, -0.2) is 36.1 Å². The normalized spacial score (nSPS) is 43.6. The molecule has 2 nitrogen and oxygen atoms in total. The number of fused-ring (bicyclic) bond motifs is 1. The summed E-state index contributed by atoms with van der Waals surface area (Å²) in [6.07, 6.45) is 11.5. The maximum atomic E-state index is 4.01. The van der Waals surface area contributed by atoms with Crippen LogP contribution in [0.25, 0.3) is 0 Å². The van der Waals surface area contributed by atoms with E-state index in [4.69, 9.17) is 0 Å². The Labute approximate surface area is 106 Å². The first-order valence-corrected chi connectivity index (χ1v) is 7.83. The first-order chi connectivity index (χ1) is 8.33. The fraction of sp³-hybridized carbons (Fsp3) is 1.00. The number of hydrogen-bond acceptors (Lipinski definition) is 2. The molecule has 3 fully saturated rings. The van der Waals surface area contributed by atoms with Gasteiger partial charge in [-0.3, -0.25) is 4.90 Å². The average Bonchev–Trinajstić information content (AvgIpc) is 2.84. The first-order valence-electron chi connectivity index (χ1n) is 7.83. The van der Waals surface area contributed by atoms with Gasteiger partial charge < -0.3 is 5.32 Å². The lowest BCUT2D eigenvalue weighted by Crippen LogP contribution is -2.44. The van der Waals surface area contributed by atoms with Gasteiger partial charge in [0.25, 0.3) is 0 Å². The fourth-order valence-corrected chi connectivity index (χ4v) is 4.23. The van der Waals surface area contributed by atoms with Crippen molar-refractivity contribution in [1.29, 1.82) is 0 Å². The molecular formula is C15H28N2. The topological polar surface area (TPSA) is 15.3 Å². The molecular weight excluding hydrogens is 208 g/mol. The molecule has 0 aromatic heterocycles. The van der Waals surface area contributed by atoms with Crippen LogP contribution in [0.4, 0.5) is 0 Å². The van der Waals surface area contributed by atoms with Crippen LogP contribution >= 0.6 is 0 Å². The van der Waals surface area contributed by atoms with Crippen molar-refractivity contribution in [2.75, 3.05) is 13.1 Å². The highest BCUT2D eigenvalue weighted by Gasteiger charge is 2.37. The third-order valence-electron chi connectivity index (χ3n) is 5.31. The van der Waals surface area contributed by atoms with E-state index in [0.29, 0.717) is 0 Å². The van der Waals surface area contributed by atoms with Gasteiger partial charge in [0.15, 0.2) is 0 Å². The Balaban J connectivity index is 1.52. The smallest absolute Gasteiger partial charge is 0.0250 e. The monoisotopic (exact) mass is 236 g/mol. The van der Waals surface area contributed by atoms with Gasteiger partial charge in [-0.05, 0) is 51.0 Å². The molecule has 3 rings (SSSR count). The zero-order valence-corrected chi connectivity index (χ0v) is 11.3. The molecule has 0 aromatic rings. The number of rotatable bonds is 2. The van der Waals surface area contributed by atoms with Crippen LogP contribution in [0.3, 0.4) is 0 Å². The average molecular weight is 236 g/mol. The van der Waals surface area contributed by atoms with Crippen molar-refractivity contribution in [3.63, 3.8) is 0 Å². The van der Waals surface area contributed by atoms with Gasteiger partial charge in [0.2, 0.25) is 0 Å². The lowest BCUT2D eigenvalue weighted by atomic mass is 10.0. The van der Waals surface area contributed by atoms with Crippen molar-refractivity contribution >= 4 is 0 Å². The maximum absolute atomic E-state index is 4.01. The van der Waals surface area contributed by atoms with E-state index in [0.717, 1.165) is 24.0 Å². The molecule has 4 unspecified atom stereocenters. The van der Waals surface area contributed by atoms with Crippen LogP contribution in [0.2, 0.25) is 0 Å². The fourth-order valence-electron chi connectivity index (χ4n) is 4.23. The van der Waals surface area contributed by atoms with Crippen molar-refractivity contribution < 1.29 is 0 Å². The predicted octanol–water partition coefficient (Wildman–Crippen LogP) is 2.78. The van der Waals surface area contributed by atoms with Crippen LogP contribution in [0, 0.1) is 5.92 Å². The van der Waals surface area contributed by atoms with Crippen molar-refractivity contribution in [2.45, 2.75) is 76.4 Å². The second-order valence-corrected chi connectivity index (χ2v) is 6.62. The summed E-state index contributed by atoms with van der Waals surface area (Å²) < 4.78 is 0. The molecule has 0 bridgehead atoms. The highest BCUT2D eigenvalue weighted by Crippen LogP contribution is 2.30. The van der Waals surface area contributed by atoms with Gasteiger partial charge >= 0.3 is 0 Å². The molecule has 1 N–H and O–H groups in total. The van der Waals surface area contributed by atoms with Gasteiger partial charge in [0, 0.05) is 24.7 Å². The van der Waals surface area contributed by atoms with E-state index < -0.39 is 0 Å². The minimum absolute atomic E-state index is 0.816. The maximum Gasteiger partial charge on any atom is 0.0250 e. The summed E-state index contributed by atoms with van der Waals surface area (Å²) in [5.41, 5.74) is 0. The summed E-state index contributed by atoms with van der Waals surface area (Å²) in [6, 6.07) is 2.53. The largest absolute Gasteiger partial charge is 0.310 e. The van der Waals surface area contributed by atoms with Gasteiger partial charge in [-0.2, -0.15) is 0 Å². The lowest BCUT2D eigenvalue weighted by Gasteiger charge is -2.26. The second kappa shape index (κ2) is 5.27. The lowest BCUT2D eigenvalue weighted by molar-refractivity contribution is 0.282. The Bertz CT molecular complexity index is 253. The van der Waals surface area contributed by atoms with E-state index in [9.17, 15) is 0 Å². The third-order valence-corrected chi connectivity index (χ3v) is 5.31. The molecule has 0 amide bonds. The Hall–Kier alpha value is -0.0800. The molecule has 1 aliphatic carbocycles. The molecule has 0 spiro atoms. The summed E-state index contributed by atoms with van der Waals surface area (Å²) >= 11 is 0. The predicted molar refractivity (Wildman–Crippen MR) is 72.2 cm³/mol. The summed E-state index contributed by atoms with van der Waals surface area (Å²) in [6.45, 7) is 5.15. The number of nitrogens with one attached hydrogen (secondary N) is 1. The Morgan fingerprint density at radius 2 is 1.82 bits per heavy atom. The summed E-state index contributed by atoms with van der Waals surface area (Å²) in [5, 5.41) is 4.01. The van der Waals surface area contributed by atoms with Crippen LogP contribution in [-0.2, 0) is 0 Å². The van der Waals surface area contributed by atoms with Crippen molar-refractivity contribution in [3.8, 4) is 0 Å². The van der Waals surface area contributed by atoms with E-state index in [1.165, 1.54) is 64.5 Å². The van der Waals surface area contributed by atoms with Gasteiger partial charge in [-0.1, -0.05) is 19.8 Å². The molecule has 4 atom stereocenters.